The van der Waals surface area contributed by atoms with Gasteiger partial charge in [0.1, 0.15) is 0 Å². The van der Waals surface area contributed by atoms with Crippen LogP contribution < -0.4 is 0 Å². The molecule has 0 bridgehead atoms. The van der Waals surface area contributed by atoms with Crippen LogP contribution >= 0.6 is 0 Å². The van der Waals surface area contributed by atoms with Crippen molar-refractivity contribution in [3.8, 4) is 0 Å². The second-order valence-electron chi connectivity index (χ2n) is 3.05. The van der Waals surface area contributed by atoms with Crippen LogP contribution in [0, 0.1) is 5.41 Å². The molecule has 4 nitrogen and oxygen atoms in total. The van der Waals surface area contributed by atoms with Gasteiger partial charge in [-0.1, -0.05) is 12.2 Å². The molecule has 0 unspecified atom stereocenters. The highest BCUT2D eigenvalue weighted by Crippen LogP contribution is 2.31. The lowest BCUT2D eigenvalue weighted by Gasteiger charge is -2.25. The third-order valence-electron chi connectivity index (χ3n) is 2.14. The molecule has 0 aliphatic heterocycles. The van der Waals surface area contributed by atoms with E-state index in [9.17, 15) is 9.59 Å². The molecule has 84 valence electrons. The number of ether oxygens (including phenoxy) is 2. The van der Waals surface area contributed by atoms with Gasteiger partial charge in [-0.25, -0.2) is 0 Å². The van der Waals surface area contributed by atoms with Gasteiger partial charge in [0.25, 0.3) is 0 Å². The number of carbonyl (C=O) groups excluding carboxylic acids is 2. The van der Waals surface area contributed by atoms with E-state index in [0.717, 1.165) is 0 Å². The SMILES string of the molecule is COC(=O)C(C[13CH]=[13CH2])([13CH2]C=[13CH2])C(=O)OC. The van der Waals surface area contributed by atoms with E-state index in [-0.39, 0.29) is 12.8 Å². The maximum Gasteiger partial charge on any atom is 0.323 e. The lowest BCUT2D eigenvalue weighted by Crippen LogP contribution is -2.40. The third-order valence-corrected chi connectivity index (χ3v) is 2.14. The zero-order valence-corrected chi connectivity index (χ0v) is 9.12. The van der Waals surface area contributed by atoms with E-state index in [2.05, 4.69) is 22.6 Å². The number of esters is 2. The normalized spacial score (nSPS) is 10.3. The van der Waals surface area contributed by atoms with Crippen molar-refractivity contribution < 1.29 is 19.1 Å². The van der Waals surface area contributed by atoms with Gasteiger partial charge in [-0.3, -0.25) is 9.59 Å². The Balaban J connectivity index is 5.22. The highest BCUT2D eigenvalue weighted by atomic mass is 16.5. The van der Waals surface area contributed by atoms with Crippen LogP contribution in [0.1, 0.15) is 12.8 Å². The van der Waals surface area contributed by atoms with Crippen LogP contribution in [-0.2, 0) is 19.1 Å². The van der Waals surface area contributed by atoms with Crippen molar-refractivity contribution in [1.82, 2.24) is 0 Å². The lowest BCUT2D eigenvalue weighted by atomic mass is 9.94. The zero-order valence-electron chi connectivity index (χ0n) is 9.12. The average molecular weight is 216 g/mol. The Morgan fingerprint density at radius 2 is 1.40 bits per heavy atom. The first-order valence-corrected chi connectivity index (χ1v) is 4.47. The smallest absolute Gasteiger partial charge is 0.323 e. The molecule has 0 saturated heterocycles. The minimum absolute atomic E-state index is 0.165. The topological polar surface area (TPSA) is 52.6 Å². The van der Waals surface area contributed by atoms with Crippen molar-refractivity contribution in [2.75, 3.05) is 14.2 Å². The van der Waals surface area contributed by atoms with Crippen LogP contribution in [0.15, 0.2) is 25.3 Å². The molecule has 0 radical (unpaired) electrons. The second kappa shape index (κ2) is 6.01. The van der Waals surface area contributed by atoms with E-state index in [1.165, 1.54) is 26.4 Å². The Hall–Kier alpha value is -1.58. The van der Waals surface area contributed by atoms with Crippen molar-refractivity contribution in [3.05, 3.63) is 25.3 Å². The molecule has 0 spiro atoms. The van der Waals surface area contributed by atoms with Crippen LogP contribution in [0.2, 0.25) is 0 Å². The molecule has 0 aromatic carbocycles. The monoisotopic (exact) mass is 216 g/mol. The fraction of sp³-hybridized carbons (Fsp3) is 0.455. The Labute approximate surface area is 89.6 Å². The second-order valence-corrected chi connectivity index (χ2v) is 3.05. The van der Waals surface area contributed by atoms with Crippen LogP contribution in [-0.4, -0.2) is 26.2 Å². The van der Waals surface area contributed by atoms with Crippen molar-refractivity contribution >= 4 is 11.9 Å². The zero-order chi connectivity index (χ0) is 11.9. The Bertz CT molecular complexity index is 240. The number of rotatable bonds is 6. The molecular weight excluding hydrogens is 200 g/mol. The van der Waals surface area contributed by atoms with E-state index in [1.807, 2.05) is 0 Å². The summed E-state index contributed by atoms with van der Waals surface area (Å²) in [4.78, 5) is 23.2. The Morgan fingerprint density at radius 1 is 1.07 bits per heavy atom. The van der Waals surface area contributed by atoms with Crippen LogP contribution in [0.3, 0.4) is 0 Å². The predicted molar refractivity (Wildman–Crippen MR) is 56.1 cm³/mol. The molecule has 0 saturated carbocycles. The maximum absolute atomic E-state index is 11.6. The summed E-state index contributed by atoms with van der Waals surface area (Å²) in [6.07, 6.45) is 3.30. The predicted octanol–water partition coefficient (Wildman–Crippen LogP) is 1.47. The van der Waals surface area contributed by atoms with E-state index in [0.29, 0.717) is 0 Å². The minimum Gasteiger partial charge on any atom is -0.468 e. The largest absolute Gasteiger partial charge is 0.468 e. The van der Waals surface area contributed by atoms with E-state index in [1.54, 1.807) is 0 Å². The highest BCUT2D eigenvalue weighted by molar-refractivity contribution is 6.00. The van der Waals surface area contributed by atoms with Gasteiger partial charge >= 0.3 is 11.9 Å². The number of carbonyl (C=O) groups is 2. The number of hydrogen-bond donors (Lipinski definition) is 0. The molecule has 0 aromatic rings. The van der Waals surface area contributed by atoms with E-state index >= 15 is 0 Å². The van der Waals surface area contributed by atoms with Gasteiger partial charge < -0.3 is 9.47 Å². The molecule has 15 heavy (non-hydrogen) atoms. The molecule has 0 atom stereocenters. The van der Waals surface area contributed by atoms with Gasteiger partial charge in [0.05, 0.1) is 14.2 Å². The molecule has 0 aliphatic rings. The van der Waals surface area contributed by atoms with Gasteiger partial charge in [0.15, 0.2) is 5.41 Å². The van der Waals surface area contributed by atoms with Gasteiger partial charge in [-0.15, -0.1) is 13.2 Å². The third kappa shape index (κ3) is 2.68. The summed E-state index contributed by atoms with van der Waals surface area (Å²) in [6, 6.07) is 0. The summed E-state index contributed by atoms with van der Waals surface area (Å²) in [6.45, 7) is 7.02. The van der Waals surface area contributed by atoms with Crippen molar-refractivity contribution in [1.29, 1.82) is 0 Å². The molecular formula is C11H16O4. The van der Waals surface area contributed by atoms with E-state index in [4.69, 9.17) is 0 Å². The van der Waals surface area contributed by atoms with Crippen LogP contribution in [0.4, 0.5) is 0 Å². The van der Waals surface area contributed by atoms with Gasteiger partial charge in [0, 0.05) is 0 Å². The van der Waals surface area contributed by atoms with Gasteiger partial charge in [0.2, 0.25) is 0 Å². The summed E-state index contributed by atoms with van der Waals surface area (Å²) in [5.41, 5.74) is -1.34. The standard InChI is InChI=1S/C11H16O4/c1-5-7-11(8-6-2,9(12)14-3)10(13)15-4/h5-6H,1-2,7-8H2,3-4H3/i1+1,2+1,5+1,8+1. The molecule has 0 aromatic heterocycles. The first-order valence-electron chi connectivity index (χ1n) is 4.47. The highest BCUT2D eigenvalue weighted by Gasteiger charge is 2.46. The molecule has 0 heterocycles. The lowest BCUT2D eigenvalue weighted by molar-refractivity contribution is -0.168. The molecule has 0 aliphatic carbocycles. The summed E-state index contributed by atoms with van der Waals surface area (Å²) in [5, 5.41) is 0. The van der Waals surface area contributed by atoms with Gasteiger partial charge in [-0.2, -0.15) is 0 Å². The fourth-order valence-electron chi connectivity index (χ4n) is 1.38. The Morgan fingerprint density at radius 3 is 1.60 bits per heavy atom. The number of allylic oxidation sites excluding steroid dienone is 2. The van der Waals surface area contributed by atoms with Crippen LogP contribution in [0.5, 0.6) is 0 Å². The average Bonchev–Trinajstić information content (AvgIpc) is 2.26. The fourth-order valence-corrected chi connectivity index (χ4v) is 1.38. The summed E-state index contributed by atoms with van der Waals surface area (Å²) in [5.74, 6) is -1.26. The first-order chi connectivity index (χ1) is 7.08. The molecule has 0 fully saturated rings. The van der Waals surface area contributed by atoms with Crippen LogP contribution in [0.25, 0.3) is 0 Å². The first kappa shape index (κ1) is 13.4. The van der Waals surface area contributed by atoms with Crippen molar-refractivity contribution in [2.45, 2.75) is 12.8 Å². The summed E-state index contributed by atoms with van der Waals surface area (Å²) < 4.78 is 9.22. The maximum atomic E-state index is 11.6. The summed E-state index contributed by atoms with van der Waals surface area (Å²) in [7, 11) is 2.46. The van der Waals surface area contributed by atoms with Crippen molar-refractivity contribution in [2.24, 2.45) is 5.41 Å². The number of hydrogen-bond acceptors (Lipinski definition) is 4. The minimum atomic E-state index is -1.34. The molecule has 0 amide bonds. The van der Waals surface area contributed by atoms with Gasteiger partial charge in [-0.05, 0) is 12.8 Å². The molecule has 4 heteroatoms. The molecule has 0 N–H and O–H groups in total. The summed E-state index contributed by atoms with van der Waals surface area (Å²) >= 11 is 0. The number of methoxy groups -OCH3 is 2. The van der Waals surface area contributed by atoms with Crippen molar-refractivity contribution in [3.63, 3.8) is 0 Å². The Kier molecular flexibility index (Phi) is 5.37. The quantitative estimate of drug-likeness (QED) is 0.292. The van der Waals surface area contributed by atoms with E-state index < -0.39 is 17.4 Å². The molecule has 0 rings (SSSR count).